The first kappa shape index (κ1) is 20.2. The van der Waals surface area contributed by atoms with E-state index >= 15 is 0 Å². The van der Waals surface area contributed by atoms with Gasteiger partial charge in [0.25, 0.3) is 0 Å². The molecule has 3 aromatic rings. The minimum atomic E-state index is -0.629. The summed E-state index contributed by atoms with van der Waals surface area (Å²) >= 11 is 3.57. The number of benzene rings is 3. The second kappa shape index (κ2) is 8.73. The minimum absolute atomic E-state index is 0.361. The summed E-state index contributed by atoms with van der Waals surface area (Å²) in [5.74, 6) is 0.361. The number of hydrogen-bond acceptors (Lipinski definition) is 2. The Morgan fingerprint density at radius 2 is 1.76 bits per heavy atom. The third-order valence-electron chi connectivity index (χ3n) is 5.82. The molecule has 3 heteroatoms. The Bertz CT molecular complexity index is 983. The Morgan fingerprint density at radius 1 is 0.966 bits per heavy atom. The fraction of sp³-hybridized carbons (Fsp3) is 0.308. The molecule has 0 aliphatic carbocycles. The molecule has 1 unspecified atom stereocenters. The normalized spacial score (nSPS) is 14.7. The molecule has 1 heterocycles. The van der Waals surface area contributed by atoms with E-state index in [0.29, 0.717) is 5.92 Å². The van der Waals surface area contributed by atoms with Crippen molar-refractivity contribution >= 4 is 21.6 Å². The van der Waals surface area contributed by atoms with Gasteiger partial charge in [-0.3, -0.25) is 0 Å². The van der Waals surface area contributed by atoms with E-state index in [9.17, 15) is 5.11 Å². The third-order valence-corrected chi connectivity index (χ3v) is 6.31. The van der Waals surface area contributed by atoms with Crippen LogP contribution in [0.4, 0.5) is 5.69 Å². The lowest BCUT2D eigenvalue weighted by Crippen LogP contribution is -2.29. The van der Waals surface area contributed by atoms with Crippen LogP contribution in [0.1, 0.15) is 60.1 Å². The summed E-state index contributed by atoms with van der Waals surface area (Å²) in [6, 6.07) is 23.4. The van der Waals surface area contributed by atoms with Gasteiger partial charge in [-0.25, -0.2) is 0 Å². The Morgan fingerprint density at radius 3 is 2.52 bits per heavy atom. The molecule has 1 aliphatic heterocycles. The Hall–Kier alpha value is -2.10. The third kappa shape index (κ3) is 4.41. The summed E-state index contributed by atoms with van der Waals surface area (Å²) < 4.78 is 1.000. The van der Waals surface area contributed by atoms with Crippen molar-refractivity contribution in [3.8, 4) is 0 Å². The van der Waals surface area contributed by atoms with Crippen LogP contribution in [0, 0.1) is 0 Å². The van der Waals surface area contributed by atoms with Gasteiger partial charge in [-0.1, -0.05) is 78.3 Å². The van der Waals surface area contributed by atoms with Crippen LogP contribution in [0.5, 0.6) is 0 Å². The van der Waals surface area contributed by atoms with Crippen LogP contribution in [0.15, 0.2) is 71.2 Å². The highest BCUT2D eigenvalue weighted by Gasteiger charge is 2.22. The van der Waals surface area contributed by atoms with E-state index in [1.807, 2.05) is 0 Å². The molecule has 0 fully saturated rings. The second-order valence-corrected chi connectivity index (χ2v) is 9.15. The molecule has 0 spiro atoms. The lowest BCUT2D eigenvalue weighted by atomic mass is 9.89. The van der Waals surface area contributed by atoms with E-state index in [-0.39, 0.29) is 0 Å². The zero-order chi connectivity index (χ0) is 20.4. The predicted molar refractivity (Wildman–Crippen MR) is 125 cm³/mol. The molecule has 0 amide bonds. The van der Waals surface area contributed by atoms with Gasteiger partial charge in [0.1, 0.15) is 6.10 Å². The zero-order valence-corrected chi connectivity index (χ0v) is 18.7. The summed E-state index contributed by atoms with van der Waals surface area (Å²) in [6.07, 6.45) is 1.64. The summed E-state index contributed by atoms with van der Waals surface area (Å²) in [7, 11) is 0. The molecule has 0 saturated carbocycles. The van der Waals surface area contributed by atoms with Crippen molar-refractivity contribution in [1.82, 2.24) is 0 Å². The topological polar surface area (TPSA) is 23.5 Å². The van der Waals surface area contributed by atoms with Crippen LogP contribution >= 0.6 is 15.9 Å². The van der Waals surface area contributed by atoms with Gasteiger partial charge in [-0.05, 0) is 64.8 Å². The van der Waals surface area contributed by atoms with Crippen LogP contribution < -0.4 is 4.90 Å². The van der Waals surface area contributed by atoms with Crippen LogP contribution in [0.2, 0.25) is 0 Å². The van der Waals surface area contributed by atoms with Gasteiger partial charge in [-0.2, -0.15) is 0 Å². The van der Waals surface area contributed by atoms with Crippen molar-refractivity contribution < 1.29 is 5.11 Å². The molecule has 0 bridgehead atoms. The number of halogens is 1. The molecule has 2 nitrogen and oxygen atoms in total. The van der Waals surface area contributed by atoms with E-state index in [0.717, 1.165) is 35.1 Å². The molecule has 0 saturated heterocycles. The largest absolute Gasteiger partial charge is 0.384 e. The number of rotatable bonds is 5. The maximum absolute atomic E-state index is 11.3. The Kier molecular flexibility index (Phi) is 6.07. The predicted octanol–water partition coefficient (Wildman–Crippen LogP) is 6.61. The highest BCUT2D eigenvalue weighted by atomic mass is 79.9. The van der Waals surface area contributed by atoms with Gasteiger partial charge in [0.2, 0.25) is 0 Å². The number of aliphatic hydroxyl groups excluding tert-OH is 1. The SMILES string of the molecule is CC(C)c1ccc(Br)cc1C(O)c1ccc2c(c1)N(Cc1ccccc1)CCC2. The van der Waals surface area contributed by atoms with Crippen molar-refractivity contribution in [2.45, 2.75) is 45.3 Å². The highest BCUT2D eigenvalue weighted by Crippen LogP contribution is 2.36. The number of anilines is 1. The Balaban J connectivity index is 1.69. The van der Waals surface area contributed by atoms with Crippen LogP contribution in [-0.2, 0) is 13.0 Å². The molecular formula is C26H28BrNO. The maximum Gasteiger partial charge on any atom is 0.104 e. The minimum Gasteiger partial charge on any atom is -0.384 e. The average Bonchev–Trinajstić information content (AvgIpc) is 2.73. The van der Waals surface area contributed by atoms with Gasteiger partial charge in [0, 0.05) is 23.2 Å². The quantitative estimate of drug-likeness (QED) is 0.473. The monoisotopic (exact) mass is 449 g/mol. The molecule has 1 N–H and O–H groups in total. The first-order chi connectivity index (χ1) is 14.0. The van der Waals surface area contributed by atoms with E-state index in [1.54, 1.807) is 0 Å². The number of hydrogen-bond donors (Lipinski definition) is 1. The summed E-state index contributed by atoms with van der Waals surface area (Å²) in [6.45, 7) is 6.30. The molecule has 1 aliphatic rings. The molecule has 4 rings (SSSR count). The van der Waals surface area contributed by atoms with Gasteiger partial charge in [0.05, 0.1) is 0 Å². The highest BCUT2D eigenvalue weighted by molar-refractivity contribution is 9.10. The van der Waals surface area contributed by atoms with Crippen molar-refractivity contribution in [1.29, 1.82) is 0 Å². The Labute approximate surface area is 182 Å². The van der Waals surface area contributed by atoms with Gasteiger partial charge in [0.15, 0.2) is 0 Å². The second-order valence-electron chi connectivity index (χ2n) is 8.23. The zero-order valence-electron chi connectivity index (χ0n) is 17.1. The lowest BCUT2D eigenvalue weighted by Gasteiger charge is -2.32. The molecule has 150 valence electrons. The number of aliphatic hydroxyl groups is 1. The van der Waals surface area contributed by atoms with Crippen LogP contribution in [0.3, 0.4) is 0 Å². The van der Waals surface area contributed by atoms with Crippen LogP contribution in [-0.4, -0.2) is 11.7 Å². The van der Waals surface area contributed by atoms with E-state index in [1.165, 1.54) is 28.8 Å². The first-order valence-electron chi connectivity index (χ1n) is 10.4. The van der Waals surface area contributed by atoms with Crippen molar-refractivity contribution in [2.24, 2.45) is 0 Å². The summed E-state index contributed by atoms with van der Waals surface area (Å²) in [4.78, 5) is 2.45. The molecule has 0 radical (unpaired) electrons. The van der Waals surface area contributed by atoms with E-state index in [2.05, 4.69) is 101 Å². The molecule has 29 heavy (non-hydrogen) atoms. The van der Waals surface area contributed by atoms with Crippen molar-refractivity contribution in [3.63, 3.8) is 0 Å². The summed E-state index contributed by atoms with van der Waals surface area (Å²) in [5, 5.41) is 11.3. The fourth-order valence-corrected chi connectivity index (χ4v) is 4.67. The number of nitrogens with zero attached hydrogens (tertiary/aromatic N) is 1. The molecule has 1 atom stereocenters. The molecular weight excluding hydrogens is 422 g/mol. The summed E-state index contributed by atoms with van der Waals surface area (Å²) in [5.41, 5.74) is 7.10. The van der Waals surface area contributed by atoms with Gasteiger partial charge in [-0.15, -0.1) is 0 Å². The average molecular weight is 450 g/mol. The molecule has 0 aromatic heterocycles. The standard InChI is InChI=1S/C26H28BrNO/c1-18(2)23-13-12-22(27)16-24(23)26(29)21-11-10-20-9-6-14-28(25(20)15-21)17-19-7-4-3-5-8-19/h3-5,7-8,10-13,15-16,18,26,29H,6,9,14,17H2,1-2H3. The fourth-order valence-electron chi connectivity index (χ4n) is 4.29. The van der Waals surface area contributed by atoms with Crippen molar-refractivity contribution in [3.05, 3.63) is 99.0 Å². The van der Waals surface area contributed by atoms with Crippen LogP contribution in [0.25, 0.3) is 0 Å². The van der Waals surface area contributed by atoms with E-state index in [4.69, 9.17) is 0 Å². The smallest absolute Gasteiger partial charge is 0.104 e. The van der Waals surface area contributed by atoms with E-state index < -0.39 is 6.10 Å². The lowest BCUT2D eigenvalue weighted by molar-refractivity contribution is 0.218. The number of fused-ring (bicyclic) bond motifs is 1. The number of aryl methyl sites for hydroxylation is 1. The van der Waals surface area contributed by atoms with Crippen molar-refractivity contribution in [2.75, 3.05) is 11.4 Å². The maximum atomic E-state index is 11.3. The molecule has 3 aromatic carbocycles. The van der Waals surface area contributed by atoms with Gasteiger partial charge < -0.3 is 10.0 Å². The first-order valence-corrected chi connectivity index (χ1v) is 11.2. The van der Waals surface area contributed by atoms with Gasteiger partial charge >= 0.3 is 0 Å².